The lowest BCUT2D eigenvalue weighted by molar-refractivity contribution is -0.133. The van der Waals surface area contributed by atoms with Gasteiger partial charge in [-0.05, 0) is 30.9 Å². The van der Waals surface area contributed by atoms with Gasteiger partial charge in [-0.1, -0.05) is 31.5 Å². The Kier molecular flexibility index (Phi) is 5.42. The van der Waals surface area contributed by atoms with Crippen molar-refractivity contribution in [1.29, 1.82) is 0 Å². The lowest BCUT2D eigenvalue weighted by Crippen LogP contribution is -2.35. The van der Waals surface area contributed by atoms with Gasteiger partial charge in [0.2, 0.25) is 5.91 Å². The van der Waals surface area contributed by atoms with Gasteiger partial charge in [0.05, 0.1) is 13.1 Å². The molecule has 1 aromatic heterocycles. The molecule has 2 aromatic rings. The third-order valence-corrected chi connectivity index (χ3v) is 4.70. The highest BCUT2D eigenvalue weighted by atomic mass is 35.5. The quantitative estimate of drug-likeness (QED) is 0.742. The molecule has 0 bridgehead atoms. The van der Waals surface area contributed by atoms with Crippen molar-refractivity contribution in [3.63, 3.8) is 0 Å². The molecule has 0 aliphatic heterocycles. The first-order chi connectivity index (χ1) is 12.0. The highest BCUT2D eigenvalue weighted by Crippen LogP contribution is 2.31. The fourth-order valence-corrected chi connectivity index (χ4v) is 3.14. The number of carbonyl (C=O) groups excluding carboxylic acids is 1. The van der Waals surface area contributed by atoms with Gasteiger partial charge in [-0.3, -0.25) is 4.79 Å². The van der Waals surface area contributed by atoms with Crippen LogP contribution in [0.3, 0.4) is 0 Å². The van der Waals surface area contributed by atoms with Gasteiger partial charge in [-0.2, -0.15) is 0 Å². The summed E-state index contributed by atoms with van der Waals surface area (Å²) in [6, 6.07) is 4.67. The standard InChI is InChI=1S/C19H23ClFN3O/c1-13(2)10-24(19(25)14-6-7-14)12-18-22-8-9-23(18)11-15-16(20)4-3-5-17(15)21/h3-5,8-9,13-14H,6-7,10-12H2,1-2H3. The second kappa shape index (κ2) is 7.56. The van der Waals surface area contributed by atoms with Crippen LogP contribution < -0.4 is 0 Å². The van der Waals surface area contributed by atoms with Gasteiger partial charge < -0.3 is 9.47 Å². The van der Waals surface area contributed by atoms with E-state index in [0.29, 0.717) is 36.1 Å². The Balaban J connectivity index is 1.79. The van der Waals surface area contributed by atoms with Crippen LogP contribution in [-0.2, 0) is 17.9 Å². The molecule has 0 N–H and O–H groups in total. The van der Waals surface area contributed by atoms with Crippen molar-refractivity contribution >= 4 is 17.5 Å². The van der Waals surface area contributed by atoms with E-state index in [1.165, 1.54) is 6.07 Å². The molecule has 1 aromatic carbocycles. The van der Waals surface area contributed by atoms with E-state index in [9.17, 15) is 9.18 Å². The van der Waals surface area contributed by atoms with Crippen LogP contribution in [-0.4, -0.2) is 26.9 Å². The molecule has 1 fully saturated rings. The van der Waals surface area contributed by atoms with Gasteiger partial charge in [0.15, 0.2) is 0 Å². The van der Waals surface area contributed by atoms with Crippen LogP contribution in [0.1, 0.15) is 38.1 Å². The minimum Gasteiger partial charge on any atom is -0.335 e. The highest BCUT2D eigenvalue weighted by molar-refractivity contribution is 6.31. The van der Waals surface area contributed by atoms with Gasteiger partial charge in [0.1, 0.15) is 11.6 Å². The summed E-state index contributed by atoms with van der Waals surface area (Å²) in [6.45, 7) is 5.63. The first-order valence-electron chi connectivity index (χ1n) is 8.67. The van der Waals surface area contributed by atoms with E-state index in [-0.39, 0.29) is 17.6 Å². The van der Waals surface area contributed by atoms with Gasteiger partial charge >= 0.3 is 0 Å². The Labute approximate surface area is 152 Å². The molecule has 6 heteroatoms. The molecule has 25 heavy (non-hydrogen) atoms. The van der Waals surface area contributed by atoms with Crippen molar-refractivity contribution in [3.8, 4) is 0 Å². The van der Waals surface area contributed by atoms with E-state index < -0.39 is 0 Å². The zero-order valence-corrected chi connectivity index (χ0v) is 15.3. The summed E-state index contributed by atoms with van der Waals surface area (Å²) in [5.74, 6) is 1.16. The fraction of sp³-hybridized carbons (Fsp3) is 0.474. The molecule has 1 aliphatic rings. The highest BCUT2D eigenvalue weighted by Gasteiger charge is 2.34. The van der Waals surface area contributed by atoms with Gasteiger partial charge in [-0.15, -0.1) is 0 Å². The zero-order chi connectivity index (χ0) is 18.0. The van der Waals surface area contributed by atoms with Crippen molar-refractivity contribution in [2.75, 3.05) is 6.54 Å². The van der Waals surface area contributed by atoms with Crippen molar-refractivity contribution in [2.45, 2.75) is 39.8 Å². The summed E-state index contributed by atoms with van der Waals surface area (Å²) in [5, 5.41) is 0.396. The maximum atomic E-state index is 14.1. The molecular formula is C19H23ClFN3O. The number of hydrogen-bond donors (Lipinski definition) is 0. The lowest BCUT2D eigenvalue weighted by atomic mass is 10.2. The fourth-order valence-electron chi connectivity index (χ4n) is 2.92. The number of nitrogens with zero attached hydrogens (tertiary/aromatic N) is 3. The number of halogens is 2. The van der Waals surface area contributed by atoms with E-state index in [4.69, 9.17) is 11.6 Å². The van der Waals surface area contributed by atoms with Crippen LogP contribution in [0.5, 0.6) is 0 Å². The normalized spacial score (nSPS) is 14.1. The largest absolute Gasteiger partial charge is 0.335 e. The number of imidazole rings is 1. The number of carbonyl (C=O) groups is 1. The second-order valence-electron chi connectivity index (χ2n) is 7.06. The predicted molar refractivity (Wildman–Crippen MR) is 95.7 cm³/mol. The van der Waals surface area contributed by atoms with Crippen LogP contribution in [0, 0.1) is 17.7 Å². The number of rotatable bonds is 7. The van der Waals surface area contributed by atoms with E-state index in [1.807, 2.05) is 9.47 Å². The average Bonchev–Trinajstić information content (AvgIpc) is 3.31. The SMILES string of the molecule is CC(C)CN(Cc1nccn1Cc1c(F)cccc1Cl)C(=O)C1CC1. The van der Waals surface area contributed by atoms with E-state index in [1.54, 1.807) is 24.5 Å². The Hall–Kier alpha value is -1.88. The maximum Gasteiger partial charge on any atom is 0.226 e. The average molecular weight is 364 g/mol. The second-order valence-corrected chi connectivity index (χ2v) is 7.47. The van der Waals surface area contributed by atoms with Crippen LogP contribution in [0.4, 0.5) is 4.39 Å². The summed E-state index contributed by atoms with van der Waals surface area (Å²) in [4.78, 5) is 18.8. The molecule has 4 nitrogen and oxygen atoms in total. The number of aromatic nitrogens is 2. The number of amides is 1. The summed E-state index contributed by atoms with van der Waals surface area (Å²) in [6.07, 6.45) is 5.44. The van der Waals surface area contributed by atoms with Crippen LogP contribution in [0.2, 0.25) is 5.02 Å². The molecule has 0 atom stereocenters. The van der Waals surface area contributed by atoms with Crippen molar-refractivity contribution in [3.05, 3.63) is 52.8 Å². The van der Waals surface area contributed by atoms with Crippen LogP contribution in [0.25, 0.3) is 0 Å². The first-order valence-corrected chi connectivity index (χ1v) is 9.05. The van der Waals surface area contributed by atoms with E-state index in [2.05, 4.69) is 18.8 Å². The van der Waals surface area contributed by atoms with Gasteiger partial charge in [0.25, 0.3) is 0 Å². The Morgan fingerprint density at radius 1 is 1.44 bits per heavy atom. The summed E-state index contributed by atoms with van der Waals surface area (Å²) < 4.78 is 15.9. The Bertz CT molecular complexity index is 735. The van der Waals surface area contributed by atoms with Gasteiger partial charge in [-0.25, -0.2) is 9.37 Å². The Morgan fingerprint density at radius 3 is 2.84 bits per heavy atom. The van der Waals surface area contributed by atoms with Crippen molar-refractivity contribution < 1.29 is 9.18 Å². The topological polar surface area (TPSA) is 38.1 Å². The molecule has 0 unspecified atom stereocenters. The van der Waals surface area contributed by atoms with Crippen LogP contribution >= 0.6 is 11.6 Å². The Morgan fingerprint density at radius 2 is 2.20 bits per heavy atom. The molecule has 0 radical (unpaired) electrons. The lowest BCUT2D eigenvalue weighted by Gasteiger charge is -2.25. The molecule has 0 saturated heterocycles. The van der Waals surface area contributed by atoms with Crippen molar-refractivity contribution in [1.82, 2.24) is 14.5 Å². The summed E-state index contributed by atoms with van der Waals surface area (Å²) in [7, 11) is 0. The molecule has 1 aliphatic carbocycles. The van der Waals surface area contributed by atoms with Crippen LogP contribution in [0.15, 0.2) is 30.6 Å². The first kappa shape index (κ1) is 17.9. The summed E-state index contributed by atoms with van der Waals surface area (Å²) >= 11 is 6.14. The predicted octanol–water partition coefficient (Wildman–Crippen LogP) is 4.12. The van der Waals surface area contributed by atoms with E-state index in [0.717, 1.165) is 18.7 Å². The minimum atomic E-state index is -0.333. The monoisotopic (exact) mass is 363 g/mol. The molecule has 1 saturated carbocycles. The summed E-state index contributed by atoms with van der Waals surface area (Å²) in [5.41, 5.74) is 0.437. The van der Waals surface area contributed by atoms with E-state index >= 15 is 0 Å². The third kappa shape index (κ3) is 4.40. The number of benzene rings is 1. The maximum absolute atomic E-state index is 14.1. The zero-order valence-electron chi connectivity index (χ0n) is 14.6. The van der Waals surface area contributed by atoms with Gasteiger partial charge in [0, 0.05) is 35.4 Å². The molecule has 1 amide bonds. The third-order valence-electron chi connectivity index (χ3n) is 4.35. The molecular weight excluding hydrogens is 341 g/mol. The minimum absolute atomic E-state index is 0.170. The molecule has 134 valence electrons. The number of hydrogen-bond acceptors (Lipinski definition) is 2. The van der Waals surface area contributed by atoms with Crippen molar-refractivity contribution in [2.24, 2.45) is 11.8 Å². The molecule has 3 rings (SSSR count). The molecule has 1 heterocycles. The molecule has 0 spiro atoms. The smallest absolute Gasteiger partial charge is 0.226 e.